The van der Waals surface area contributed by atoms with Crippen LogP contribution in [0.2, 0.25) is 5.02 Å². The number of aryl methyl sites for hydroxylation is 1. The van der Waals surface area contributed by atoms with Crippen LogP contribution in [0.3, 0.4) is 0 Å². The van der Waals surface area contributed by atoms with E-state index in [9.17, 15) is 18.0 Å². The monoisotopic (exact) mass is 399 g/mol. The fourth-order valence-electron chi connectivity index (χ4n) is 3.35. The van der Waals surface area contributed by atoms with Gasteiger partial charge in [-0.3, -0.25) is 4.79 Å². The first-order chi connectivity index (χ1) is 12.8. The van der Waals surface area contributed by atoms with E-state index in [1.807, 2.05) is 0 Å². The van der Waals surface area contributed by atoms with Crippen LogP contribution in [0, 0.1) is 6.92 Å². The fraction of sp³-hybridized carbons (Fsp3) is 0.421. The van der Waals surface area contributed by atoms with Gasteiger partial charge in [-0.1, -0.05) is 17.7 Å². The number of benzene rings is 1. The van der Waals surface area contributed by atoms with E-state index in [-0.39, 0.29) is 29.1 Å². The zero-order valence-electron chi connectivity index (χ0n) is 14.9. The fourth-order valence-corrected chi connectivity index (χ4v) is 3.58. The van der Waals surface area contributed by atoms with E-state index in [0.29, 0.717) is 11.1 Å². The number of amides is 1. The maximum Gasteiger partial charge on any atom is 0.416 e. The van der Waals surface area contributed by atoms with E-state index >= 15 is 0 Å². The minimum Gasteiger partial charge on any atom is -0.349 e. The Morgan fingerprint density at radius 2 is 2.00 bits per heavy atom. The van der Waals surface area contributed by atoms with Crippen LogP contribution in [0.25, 0.3) is 0 Å². The average Bonchev–Trinajstić information content (AvgIpc) is 2.97. The number of nitrogens with zero attached hydrogens (tertiary/aromatic N) is 1. The number of hydrogen-bond donors (Lipinski definition) is 2. The van der Waals surface area contributed by atoms with Crippen molar-refractivity contribution in [2.75, 3.05) is 13.1 Å². The highest BCUT2D eigenvalue weighted by molar-refractivity contribution is 6.31. The van der Waals surface area contributed by atoms with Crippen LogP contribution in [-0.2, 0) is 12.7 Å². The SMILES string of the molecule is Cc1cn(Cc2c(Cl)cccc2C(F)(F)F)cc1C(=O)NC1CCNCC1. The number of nitrogens with one attached hydrogen (secondary N) is 2. The lowest BCUT2D eigenvalue weighted by atomic mass is 10.1. The Balaban J connectivity index is 1.80. The number of rotatable bonds is 4. The number of piperidine rings is 1. The molecular formula is C19H21ClF3N3O. The first kappa shape index (κ1) is 19.8. The van der Waals surface area contributed by atoms with Crippen LogP contribution in [0.1, 0.15) is 39.9 Å². The number of hydrogen-bond acceptors (Lipinski definition) is 2. The van der Waals surface area contributed by atoms with Gasteiger partial charge in [-0.25, -0.2) is 0 Å². The Labute approximate surface area is 160 Å². The van der Waals surface area contributed by atoms with Gasteiger partial charge in [0, 0.05) is 35.6 Å². The quantitative estimate of drug-likeness (QED) is 0.816. The Morgan fingerprint density at radius 1 is 1.30 bits per heavy atom. The van der Waals surface area contributed by atoms with Gasteiger partial charge >= 0.3 is 6.18 Å². The maximum atomic E-state index is 13.3. The predicted molar refractivity (Wildman–Crippen MR) is 98.1 cm³/mol. The van der Waals surface area contributed by atoms with E-state index in [0.717, 1.165) is 32.0 Å². The molecule has 0 bridgehead atoms. The molecule has 2 heterocycles. The first-order valence-electron chi connectivity index (χ1n) is 8.78. The second-order valence-electron chi connectivity index (χ2n) is 6.79. The minimum absolute atomic E-state index is 0.00743. The third-order valence-electron chi connectivity index (χ3n) is 4.76. The lowest BCUT2D eigenvalue weighted by molar-refractivity contribution is -0.138. The number of carbonyl (C=O) groups is 1. The van der Waals surface area contributed by atoms with Crippen molar-refractivity contribution >= 4 is 17.5 Å². The first-order valence-corrected chi connectivity index (χ1v) is 9.16. The van der Waals surface area contributed by atoms with Crippen LogP contribution in [0.5, 0.6) is 0 Å². The molecule has 4 nitrogen and oxygen atoms in total. The van der Waals surface area contributed by atoms with Crippen molar-refractivity contribution in [3.05, 3.63) is 57.9 Å². The minimum atomic E-state index is -4.49. The summed E-state index contributed by atoms with van der Waals surface area (Å²) in [6, 6.07) is 3.85. The van der Waals surface area contributed by atoms with E-state index in [1.165, 1.54) is 12.1 Å². The van der Waals surface area contributed by atoms with E-state index in [4.69, 9.17) is 11.6 Å². The van der Waals surface area contributed by atoms with Crippen LogP contribution in [0.15, 0.2) is 30.6 Å². The summed E-state index contributed by atoms with van der Waals surface area (Å²) in [6.45, 7) is 3.43. The summed E-state index contributed by atoms with van der Waals surface area (Å²) in [7, 11) is 0. The van der Waals surface area contributed by atoms with Gasteiger partial charge < -0.3 is 15.2 Å². The molecule has 8 heteroatoms. The van der Waals surface area contributed by atoms with Crippen LogP contribution in [-0.4, -0.2) is 29.6 Å². The summed E-state index contributed by atoms with van der Waals surface area (Å²) in [5.74, 6) is -0.201. The topological polar surface area (TPSA) is 46.1 Å². The largest absolute Gasteiger partial charge is 0.416 e. The van der Waals surface area contributed by atoms with Crippen molar-refractivity contribution in [3.8, 4) is 0 Å². The average molecular weight is 400 g/mol. The number of alkyl halides is 3. The smallest absolute Gasteiger partial charge is 0.349 e. The Morgan fingerprint density at radius 3 is 2.67 bits per heavy atom. The molecule has 0 unspecified atom stereocenters. The molecular weight excluding hydrogens is 379 g/mol. The van der Waals surface area contributed by atoms with Crippen molar-refractivity contribution in [3.63, 3.8) is 0 Å². The molecule has 0 radical (unpaired) electrons. The van der Waals surface area contributed by atoms with Gasteiger partial charge in [0.25, 0.3) is 5.91 Å². The molecule has 1 aliphatic heterocycles. The normalized spacial score (nSPS) is 15.7. The summed E-state index contributed by atoms with van der Waals surface area (Å²) >= 11 is 6.02. The lowest BCUT2D eigenvalue weighted by Crippen LogP contribution is -2.42. The van der Waals surface area contributed by atoms with Gasteiger partial charge in [0.15, 0.2) is 0 Å². The van der Waals surface area contributed by atoms with E-state index < -0.39 is 11.7 Å². The number of carbonyl (C=O) groups excluding carboxylic acids is 1. The standard InChI is InChI=1S/C19H21ClF3N3O/c1-12-9-26(10-14(12)18(27)25-13-5-7-24-8-6-13)11-15-16(19(21,22)23)3-2-4-17(15)20/h2-4,9-10,13,24H,5-8,11H2,1H3,(H,25,27). The van der Waals surface area contributed by atoms with Crippen molar-refractivity contribution in [2.45, 2.75) is 38.5 Å². The molecule has 1 aromatic carbocycles. The highest BCUT2D eigenvalue weighted by atomic mass is 35.5. The molecule has 1 amide bonds. The molecule has 0 atom stereocenters. The Hall–Kier alpha value is -1.99. The third-order valence-corrected chi connectivity index (χ3v) is 5.12. The second-order valence-corrected chi connectivity index (χ2v) is 7.20. The molecule has 0 aliphatic carbocycles. The zero-order chi connectivity index (χ0) is 19.6. The van der Waals surface area contributed by atoms with Gasteiger partial charge in [0.1, 0.15) is 0 Å². The Kier molecular flexibility index (Phi) is 5.81. The van der Waals surface area contributed by atoms with Crippen molar-refractivity contribution in [2.24, 2.45) is 0 Å². The van der Waals surface area contributed by atoms with E-state index in [2.05, 4.69) is 10.6 Å². The van der Waals surface area contributed by atoms with Gasteiger partial charge in [0.2, 0.25) is 0 Å². The number of halogens is 4. The van der Waals surface area contributed by atoms with Crippen LogP contribution < -0.4 is 10.6 Å². The van der Waals surface area contributed by atoms with Crippen LogP contribution in [0.4, 0.5) is 13.2 Å². The molecule has 1 saturated heterocycles. The van der Waals surface area contributed by atoms with Crippen molar-refractivity contribution < 1.29 is 18.0 Å². The predicted octanol–water partition coefficient (Wildman–Crippen LogP) is 4.00. The lowest BCUT2D eigenvalue weighted by Gasteiger charge is -2.23. The number of aromatic nitrogens is 1. The van der Waals surface area contributed by atoms with Crippen LogP contribution >= 0.6 is 11.6 Å². The molecule has 0 spiro atoms. The summed E-state index contributed by atoms with van der Waals surface area (Å²) in [6.07, 6.45) is 0.480. The summed E-state index contributed by atoms with van der Waals surface area (Å²) in [4.78, 5) is 12.5. The Bertz CT molecular complexity index is 826. The molecule has 1 fully saturated rings. The zero-order valence-corrected chi connectivity index (χ0v) is 15.6. The molecule has 1 aliphatic rings. The third kappa shape index (κ3) is 4.65. The molecule has 0 saturated carbocycles. The highest BCUT2D eigenvalue weighted by Crippen LogP contribution is 2.35. The maximum absolute atomic E-state index is 13.3. The van der Waals surface area contributed by atoms with Gasteiger partial charge in [0.05, 0.1) is 11.1 Å². The molecule has 2 aromatic rings. The van der Waals surface area contributed by atoms with Gasteiger partial charge in [-0.05, 0) is 50.6 Å². The molecule has 27 heavy (non-hydrogen) atoms. The molecule has 3 rings (SSSR count). The summed E-state index contributed by atoms with van der Waals surface area (Å²) < 4.78 is 41.4. The van der Waals surface area contributed by atoms with Gasteiger partial charge in [-0.2, -0.15) is 13.2 Å². The van der Waals surface area contributed by atoms with Crippen molar-refractivity contribution in [1.82, 2.24) is 15.2 Å². The molecule has 146 valence electrons. The molecule has 2 N–H and O–H groups in total. The summed E-state index contributed by atoms with van der Waals surface area (Å²) in [5, 5.41) is 6.29. The summed E-state index contributed by atoms with van der Waals surface area (Å²) in [5.41, 5.74) is 0.408. The van der Waals surface area contributed by atoms with E-state index in [1.54, 1.807) is 23.9 Å². The molecule has 1 aromatic heterocycles. The highest BCUT2D eigenvalue weighted by Gasteiger charge is 2.34. The van der Waals surface area contributed by atoms with Gasteiger partial charge in [-0.15, -0.1) is 0 Å². The second kappa shape index (κ2) is 7.94. The van der Waals surface area contributed by atoms with Crippen molar-refractivity contribution in [1.29, 1.82) is 0 Å².